The van der Waals surface area contributed by atoms with E-state index >= 15 is 0 Å². The molecule has 1 aliphatic heterocycles. The Labute approximate surface area is 111 Å². The number of hydrogen-bond donors (Lipinski definition) is 0. The van der Waals surface area contributed by atoms with Gasteiger partial charge in [-0.25, -0.2) is 0 Å². The summed E-state index contributed by atoms with van der Waals surface area (Å²) < 4.78 is 0. The predicted octanol–water partition coefficient (Wildman–Crippen LogP) is 4.35. The first-order chi connectivity index (χ1) is 8.69. The number of rotatable bonds is 2. The Morgan fingerprint density at radius 3 is 2.39 bits per heavy atom. The van der Waals surface area contributed by atoms with Gasteiger partial charge in [-0.15, -0.1) is 0 Å². The van der Waals surface area contributed by atoms with Gasteiger partial charge in [0.2, 0.25) is 5.91 Å². The van der Waals surface area contributed by atoms with Gasteiger partial charge in [-0.05, 0) is 18.1 Å². The number of anilines is 1. The van der Waals surface area contributed by atoms with E-state index in [4.69, 9.17) is 0 Å². The molecule has 1 atom stereocenters. The summed E-state index contributed by atoms with van der Waals surface area (Å²) in [4.78, 5) is 13.7. The number of benzene rings is 1. The minimum atomic E-state index is 0.235. The molecule has 1 aromatic rings. The van der Waals surface area contributed by atoms with Crippen LogP contribution in [0.15, 0.2) is 24.3 Å². The van der Waals surface area contributed by atoms with Crippen LogP contribution in [0.2, 0.25) is 0 Å². The van der Waals surface area contributed by atoms with Crippen molar-refractivity contribution in [2.24, 2.45) is 0 Å². The van der Waals surface area contributed by atoms with Gasteiger partial charge in [0.25, 0.3) is 0 Å². The van der Waals surface area contributed by atoms with E-state index in [9.17, 15) is 4.79 Å². The van der Waals surface area contributed by atoms with Gasteiger partial charge in [-0.1, -0.05) is 52.3 Å². The van der Waals surface area contributed by atoms with Crippen molar-refractivity contribution in [2.75, 3.05) is 11.4 Å². The minimum Gasteiger partial charge on any atom is -0.312 e. The monoisotopic (exact) mass is 247 g/mol. The van der Waals surface area contributed by atoms with Crippen molar-refractivity contribution in [3.05, 3.63) is 29.8 Å². The average molecular weight is 247 g/mol. The maximum Gasteiger partial charge on any atom is 0.226 e. The van der Waals surface area contributed by atoms with Gasteiger partial charge in [0.1, 0.15) is 0 Å². The Morgan fingerprint density at radius 1 is 1.22 bits per heavy atom. The molecule has 0 fully saturated rings. The first kappa shape index (κ1) is 14.7. The van der Waals surface area contributed by atoms with Crippen LogP contribution < -0.4 is 4.90 Å². The van der Waals surface area contributed by atoms with Gasteiger partial charge >= 0.3 is 0 Å². The molecule has 1 aliphatic rings. The quantitative estimate of drug-likeness (QED) is 0.760. The summed E-state index contributed by atoms with van der Waals surface area (Å²) >= 11 is 0. The van der Waals surface area contributed by atoms with Gasteiger partial charge in [-0.3, -0.25) is 4.79 Å². The Balaban J connectivity index is 0.000000492. The van der Waals surface area contributed by atoms with Crippen molar-refractivity contribution < 1.29 is 4.79 Å². The summed E-state index contributed by atoms with van der Waals surface area (Å²) in [5.74, 6) is 0.759. The molecule has 0 N–H and O–H groups in total. The fourth-order valence-electron chi connectivity index (χ4n) is 2.27. The van der Waals surface area contributed by atoms with Crippen molar-refractivity contribution in [1.29, 1.82) is 0 Å². The highest BCUT2D eigenvalue weighted by molar-refractivity contribution is 5.95. The number of para-hydroxylation sites is 1. The number of amides is 1. The lowest BCUT2D eigenvalue weighted by molar-refractivity contribution is -0.118. The second-order valence-electron chi connectivity index (χ2n) is 4.73. The van der Waals surface area contributed by atoms with E-state index in [1.807, 2.05) is 17.9 Å². The SMILES string of the molecule is CCC.CCC(=O)N1CC(CC)c2ccccc21. The summed E-state index contributed by atoms with van der Waals surface area (Å²) in [6, 6.07) is 8.26. The molecule has 100 valence electrons. The number of carbonyl (C=O) groups excluding carboxylic acids is 1. The molecule has 0 spiro atoms. The molecule has 2 nitrogen and oxygen atoms in total. The van der Waals surface area contributed by atoms with Crippen molar-refractivity contribution in [3.63, 3.8) is 0 Å². The van der Waals surface area contributed by atoms with Crippen LogP contribution in [0.1, 0.15) is 58.4 Å². The number of fused-ring (bicyclic) bond motifs is 1. The van der Waals surface area contributed by atoms with Crippen LogP contribution in [0.25, 0.3) is 0 Å². The van der Waals surface area contributed by atoms with Crippen LogP contribution in [-0.2, 0) is 4.79 Å². The highest BCUT2D eigenvalue weighted by Crippen LogP contribution is 2.37. The molecule has 0 saturated heterocycles. The number of carbonyl (C=O) groups is 1. The molecular formula is C16H25NO. The van der Waals surface area contributed by atoms with E-state index in [1.54, 1.807) is 0 Å². The van der Waals surface area contributed by atoms with Crippen LogP contribution in [0, 0.1) is 0 Å². The normalized spacial score (nSPS) is 16.9. The summed E-state index contributed by atoms with van der Waals surface area (Å²) in [5.41, 5.74) is 2.46. The maximum atomic E-state index is 11.8. The van der Waals surface area contributed by atoms with Gasteiger partial charge in [0, 0.05) is 24.6 Å². The van der Waals surface area contributed by atoms with Crippen LogP contribution in [0.4, 0.5) is 5.69 Å². The summed E-state index contributed by atoms with van der Waals surface area (Å²) in [6.07, 6.45) is 2.94. The third-order valence-corrected chi connectivity index (χ3v) is 3.17. The Kier molecular flexibility index (Phi) is 5.90. The fourth-order valence-corrected chi connectivity index (χ4v) is 2.27. The van der Waals surface area contributed by atoms with Crippen LogP contribution in [0.3, 0.4) is 0 Å². The molecule has 1 amide bonds. The average Bonchev–Trinajstić information content (AvgIpc) is 2.77. The molecule has 0 radical (unpaired) electrons. The smallest absolute Gasteiger partial charge is 0.226 e. The fraction of sp³-hybridized carbons (Fsp3) is 0.562. The van der Waals surface area contributed by atoms with E-state index in [2.05, 4.69) is 39.0 Å². The summed E-state index contributed by atoms with van der Waals surface area (Å²) in [7, 11) is 0. The molecule has 2 rings (SSSR count). The van der Waals surface area contributed by atoms with Crippen molar-refractivity contribution in [3.8, 4) is 0 Å². The lowest BCUT2D eigenvalue weighted by Crippen LogP contribution is -2.28. The number of hydrogen-bond acceptors (Lipinski definition) is 1. The molecule has 0 aliphatic carbocycles. The second-order valence-corrected chi connectivity index (χ2v) is 4.73. The third-order valence-electron chi connectivity index (χ3n) is 3.17. The molecule has 1 aromatic carbocycles. The zero-order valence-corrected chi connectivity index (χ0v) is 12.1. The maximum absolute atomic E-state index is 11.8. The van der Waals surface area contributed by atoms with Gasteiger partial charge in [0.15, 0.2) is 0 Å². The molecule has 0 bridgehead atoms. The van der Waals surface area contributed by atoms with E-state index in [1.165, 1.54) is 12.0 Å². The lowest BCUT2D eigenvalue weighted by Gasteiger charge is -2.16. The van der Waals surface area contributed by atoms with Crippen LogP contribution >= 0.6 is 0 Å². The zero-order valence-electron chi connectivity index (χ0n) is 12.1. The largest absolute Gasteiger partial charge is 0.312 e. The van der Waals surface area contributed by atoms with Crippen LogP contribution in [0.5, 0.6) is 0 Å². The van der Waals surface area contributed by atoms with Crippen molar-refractivity contribution >= 4 is 11.6 Å². The molecule has 18 heavy (non-hydrogen) atoms. The van der Waals surface area contributed by atoms with E-state index < -0.39 is 0 Å². The summed E-state index contributed by atoms with van der Waals surface area (Å²) in [5, 5.41) is 0. The third kappa shape index (κ3) is 3.12. The lowest BCUT2D eigenvalue weighted by atomic mass is 9.99. The molecule has 0 aromatic heterocycles. The summed E-state index contributed by atoms with van der Waals surface area (Å²) in [6.45, 7) is 9.22. The zero-order chi connectivity index (χ0) is 13.5. The van der Waals surface area contributed by atoms with Crippen LogP contribution in [-0.4, -0.2) is 12.5 Å². The molecule has 0 saturated carbocycles. The first-order valence-electron chi connectivity index (χ1n) is 7.08. The topological polar surface area (TPSA) is 20.3 Å². The van der Waals surface area contributed by atoms with E-state index in [0.29, 0.717) is 12.3 Å². The highest BCUT2D eigenvalue weighted by atomic mass is 16.2. The number of nitrogens with zero attached hydrogens (tertiary/aromatic N) is 1. The Hall–Kier alpha value is -1.31. The predicted molar refractivity (Wildman–Crippen MR) is 78.1 cm³/mol. The molecular weight excluding hydrogens is 222 g/mol. The Morgan fingerprint density at radius 2 is 1.83 bits per heavy atom. The van der Waals surface area contributed by atoms with Crippen molar-refractivity contribution in [2.45, 2.75) is 52.9 Å². The van der Waals surface area contributed by atoms with E-state index in [-0.39, 0.29) is 5.91 Å². The second kappa shape index (κ2) is 7.20. The standard InChI is InChI=1S/C13H17NO.C3H8/c1-3-10-9-14(13(15)4-2)12-8-6-5-7-11(10)12;1-3-2/h5-8,10H,3-4,9H2,1-2H3;3H2,1-2H3. The highest BCUT2D eigenvalue weighted by Gasteiger charge is 2.29. The minimum absolute atomic E-state index is 0.235. The van der Waals surface area contributed by atoms with E-state index in [0.717, 1.165) is 18.7 Å². The van der Waals surface area contributed by atoms with Gasteiger partial charge in [0.05, 0.1) is 0 Å². The first-order valence-corrected chi connectivity index (χ1v) is 7.08. The van der Waals surface area contributed by atoms with Gasteiger partial charge < -0.3 is 4.90 Å². The van der Waals surface area contributed by atoms with Crippen molar-refractivity contribution in [1.82, 2.24) is 0 Å². The molecule has 2 heteroatoms. The molecule has 1 heterocycles. The molecule has 1 unspecified atom stereocenters. The Bertz CT molecular complexity index is 386. The van der Waals surface area contributed by atoms with Gasteiger partial charge in [-0.2, -0.15) is 0 Å².